The molecule has 1 aromatic heterocycles. The van der Waals surface area contributed by atoms with Crippen molar-refractivity contribution in [2.75, 3.05) is 6.54 Å². The van der Waals surface area contributed by atoms with Gasteiger partial charge in [-0.25, -0.2) is 4.98 Å². The van der Waals surface area contributed by atoms with Crippen LogP contribution in [0, 0.1) is 0 Å². The lowest BCUT2D eigenvalue weighted by molar-refractivity contribution is 0.567. The van der Waals surface area contributed by atoms with Gasteiger partial charge in [-0.15, -0.1) is 0 Å². The number of hydrogen-bond acceptors (Lipinski definition) is 3. The fourth-order valence-corrected chi connectivity index (χ4v) is 3.42. The van der Waals surface area contributed by atoms with E-state index in [0.29, 0.717) is 0 Å². The summed E-state index contributed by atoms with van der Waals surface area (Å²) in [6.45, 7) is 0.995. The van der Waals surface area contributed by atoms with Crippen LogP contribution >= 0.6 is 11.8 Å². The molecule has 0 unspecified atom stereocenters. The Morgan fingerprint density at radius 3 is 2.20 bits per heavy atom. The van der Waals surface area contributed by atoms with Gasteiger partial charge in [0.05, 0.1) is 5.04 Å². The van der Waals surface area contributed by atoms with Gasteiger partial charge in [0.25, 0.3) is 0 Å². The second-order valence-corrected chi connectivity index (χ2v) is 6.57. The summed E-state index contributed by atoms with van der Waals surface area (Å²) < 4.78 is 0. The summed E-state index contributed by atoms with van der Waals surface area (Å²) >= 11 is 1.76. The van der Waals surface area contributed by atoms with Crippen molar-refractivity contribution in [2.45, 2.75) is 69.2 Å². The van der Waals surface area contributed by atoms with Gasteiger partial charge in [0, 0.05) is 12.7 Å². The van der Waals surface area contributed by atoms with Gasteiger partial charge in [-0.1, -0.05) is 62.8 Å². The van der Waals surface area contributed by atoms with E-state index in [0.717, 1.165) is 18.0 Å². The molecule has 110 valence electrons. The van der Waals surface area contributed by atoms with Crippen LogP contribution in [0.3, 0.4) is 0 Å². The van der Waals surface area contributed by atoms with Crippen LogP contribution in [0.2, 0.25) is 0 Å². The zero-order chi connectivity index (χ0) is 13.9. The summed E-state index contributed by atoms with van der Waals surface area (Å²) in [6.07, 6.45) is 15.2. The Morgan fingerprint density at radius 1 is 0.800 bits per heavy atom. The fraction of sp³-hybridized carbons (Fsp3) is 0.647. The third-order valence-corrected chi connectivity index (χ3v) is 4.72. The number of pyridine rings is 1. The molecule has 2 heterocycles. The van der Waals surface area contributed by atoms with E-state index < -0.39 is 0 Å². The predicted octanol–water partition coefficient (Wildman–Crippen LogP) is 5.49. The Morgan fingerprint density at radius 2 is 1.50 bits per heavy atom. The second kappa shape index (κ2) is 9.98. The van der Waals surface area contributed by atoms with Crippen molar-refractivity contribution < 1.29 is 0 Å². The van der Waals surface area contributed by atoms with Gasteiger partial charge in [0.2, 0.25) is 0 Å². The highest BCUT2D eigenvalue weighted by Gasteiger charge is 2.04. The quantitative estimate of drug-likeness (QED) is 0.683. The lowest BCUT2D eigenvalue weighted by Crippen LogP contribution is -1.96. The lowest BCUT2D eigenvalue weighted by Gasteiger charge is -2.06. The molecule has 1 aliphatic rings. The maximum absolute atomic E-state index is 4.82. The largest absolute Gasteiger partial charge is 0.283 e. The van der Waals surface area contributed by atoms with E-state index in [1.807, 2.05) is 12.3 Å². The highest BCUT2D eigenvalue weighted by Crippen LogP contribution is 2.21. The van der Waals surface area contributed by atoms with E-state index in [-0.39, 0.29) is 0 Å². The number of nitrogens with zero attached hydrogens (tertiary/aromatic N) is 2. The van der Waals surface area contributed by atoms with Crippen molar-refractivity contribution >= 4 is 16.8 Å². The first-order chi connectivity index (χ1) is 9.95. The van der Waals surface area contributed by atoms with Crippen molar-refractivity contribution in [1.29, 1.82) is 0 Å². The maximum Gasteiger partial charge on any atom is 0.102 e. The molecule has 0 aromatic carbocycles. The number of aliphatic imine (C=N–C) groups is 1. The Labute approximate surface area is 127 Å². The monoisotopic (exact) mass is 290 g/mol. The third-order valence-electron chi connectivity index (χ3n) is 3.70. The smallest absolute Gasteiger partial charge is 0.102 e. The molecule has 1 aliphatic heterocycles. The van der Waals surface area contributed by atoms with E-state index >= 15 is 0 Å². The summed E-state index contributed by atoms with van der Waals surface area (Å²) in [5.41, 5.74) is 0. The summed E-state index contributed by atoms with van der Waals surface area (Å²) in [4.78, 5) is 9.22. The molecule has 2 nitrogen and oxygen atoms in total. The van der Waals surface area contributed by atoms with E-state index in [1.54, 1.807) is 11.8 Å². The zero-order valence-corrected chi connectivity index (χ0v) is 13.2. The van der Waals surface area contributed by atoms with Crippen molar-refractivity contribution in [2.24, 2.45) is 4.99 Å². The van der Waals surface area contributed by atoms with Crippen LogP contribution in [0.25, 0.3) is 0 Å². The molecule has 0 saturated carbocycles. The number of rotatable bonds is 1. The second-order valence-electron chi connectivity index (χ2n) is 5.48. The standard InChI is InChI=1S/C17H26N2S/c1-2-4-6-8-12-16(18-14-10-7-5-3-1)20-17-13-9-11-15-19-17/h9,11,13,15H,1-8,10,12,14H2. The van der Waals surface area contributed by atoms with Crippen molar-refractivity contribution in [1.82, 2.24) is 4.98 Å². The minimum atomic E-state index is 0.995. The average Bonchev–Trinajstić information content (AvgIpc) is 2.50. The van der Waals surface area contributed by atoms with E-state index in [1.165, 1.54) is 62.8 Å². The van der Waals surface area contributed by atoms with Crippen molar-refractivity contribution in [3.63, 3.8) is 0 Å². The molecule has 0 saturated heterocycles. The lowest BCUT2D eigenvalue weighted by atomic mass is 10.1. The molecule has 0 amide bonds. The maximum atomic E-state index is 4.82. The Bertz CT molecular complexity index is 389. The van der Waals surface area contributed by atoms with Gasteiger partial charge in [-0.3, -0.25) is 4.99 Å². The molecule has 0 spiro atoms. The van der Waals surface area contributed by atoms with Crippen molar-refractivity contribution in [3.8, 4) is 0 Å². The summed E-state index contributed by atoms with van der Waals surface area (Å²) in [5.74, 6) is 0. The van der Waals surface area contributed by atoms with Crippen molar-refractivity contribution in [3.05, 3.63) is 24.4 Å². The fourth-order valence-electron chi connectivity index (χ4n) is 2.52. The summed E-state index contributed by atoms with van der Waals surface area (Å²) in [7, 11) is 0. The zero-order valence-electron chi connectivity index (χ0n) is 12.4. The van der Waals surface area contributed by atoms with Crippen LogP contribution in [-0.4, -0.2) is 16.6 Å². The van der Waals surface area contributed by atoms with Gasteiger partial charge in [-0.2, -0.15) is 0 Å². The van der Waals surface area contributed by atoms with Crippen LogP contribution in [-0.2, 0) is 0 Å². The predicted molar refractivity (Wildman–Crippen MR) is 88.6 cm³/mol. The van der Waals surface area contributed by atoms with Gasteiger partial charge in [0.1, 0.15) is 5.03 Å². The molecular formula is C17H26N2S. The minimum absolute atomic E-state index is 0.995. The van der Waals surface area contributed by atoms with Gasteiger partial charge in [-0.05, 0) is 31.4 Å². The molecule has 20 heavy (non-hydrogen) atoms. The highest BCUT2D eigenvalue weighted by atomic mass is 32.2. The molecule has 0 N–H and O–H groups in total. The summed E-state index contributed by atoms with van der Waals surface area (Å²) in [6, 6.07) is 6.10. The molecule has 0 aliphatic carbocycles. The van der Waals surface area contributed by atoms with Crippen LogP contribution < -0.4 is 0 Å². The van der Waals surface area contributed by atoms with Gasteiger partial charge in [0.15, 0.2) is 0 Å². The SMILES string of the molecule is c1ccc(SC2=NCCCCCCCCCCC2)nc1. The molecule has 1 aromatic rings. The first-order valence-electron chi connectivity index (χ1n) is 8.07. The van der Waals surface area contributed by atoms with Gasteiger partial charge >= 0.3 is 0 Å². The number of thioether (sulfide) groups is 1. The normalized spacial score (nSPS) is 19.3. The highest BCUT2D eigenvalue weighted by molar-refractivity contribution is 8.13. The summed E-state index contributed by atoms with van der Waals surface area (Å²) in [5, 5.41) is 2.36. The molecule has 0 atom stereocenters. The minimum Gasteiger partial charge on any atom is -0.283 e. The van der Waals surface area contributed by atoms with E-state index in [9.17, 15) is 0 Å². The molecule has 2 rings (SSSR count). The molecule has 0 fully saturated rings. The molecular weight excluding hydrogens is 264 g/mol. The molecule has 0 radical (unpaired) electrons. The van der Waals surface area contributed by atoms with Crippen LogP contribution in [0.1, 0.15) is 64.2 Å². The molecule has 0 bridgehead atoms. The third kappa shape index (κ3) is 6.56. The number of aromatic nitrogens is 1. The number of hydrogen-bond donors (Lipinski definition) is 0. The Kier molecular flexibility index (Phi) is 7.76. The van der Waals surface area contributed by atoms with E-state index in [2.05, 4.69) is 17.1 Å². The van der Waals surface area contributed by atoms with Crippen LogP contribution in [0.4, 0.5) is 0 Å². The topological polar surface area (TPSA) is 25.2 Å². The first kappa shape index (κ1) is 15.6. The Hall–Kier alpha value is -0.830. The first-order valence-corrected chi connectivity index (χ1v) is 8.89. The van der Waals surface area contributed by atoms with Crippen LogP contribution in [0.15, 0.2) is 34.4 Å². The van der Waals surface area contributed by atoms with E-state index in [4.69, 9.17) is 4.99 Å². The van der Waals surface area contributed by atoms with Gasteiger partial charge < -0.3 is 0 Å². The average molecular weight is 290 g/mol. The van der Waals surface area contributed by atoms with Crippen LogP contribution in [0.5, 0.6) is 0 Å². The molecule has 3 heteroatoms. The Balaban J connectivity index is 1.88.